The highest BCUT2D eigenvalue weighted by atomic mass is 19.1. The maximum Gasteiger partial charge on any atom is 0.338 e. The summed E-state index contributed by atoms with van der Waals surface area (Å²) in [5, 5.41) is 3.37. The smallest absolute Gasteiger partial charge is 0.338 e. The molecule has 3 rings (SSSR count). The molecule has 0 aliphatic carbocycles. The van der Waals surface area contributed by atoms with Gasteiger partial charge in [-0.05, 0) is 60.2 Å². The van der Waals surface area contributed by atoms with Crippen molar-refractivity contribution in [3.05, 3.63) is 64.7 Å². The van der Waals surface area contributed by atoms with Gasteiger partial charge in [0.2, 0.25) is 0 Å². The van der Waals surface area contributed by atoms with Gasteiger partial charge in [-0.1, -0.05) is 13.8 Å². The molecule has 5 heteroatoms. The average molecular weight is 345 g/mol. The van der Waals surface area contributed by atoms with Crippen LogP contribution in [0.4, 0.5) is 14.5 Å². The normalized spacial score (nSPS) is 18.2. The Morgan fingerprint density at radius 3 is 2.52 bits per heavy atom. The number of halogens is 2. The number of nitrogens with one attached hydrogen (secondary N) is 1. The SMILES string of the molecule is CCOC(=O)c1ccc2c(c1)CC(C)(C)C(c1cc(F)cc(F)c1)N2. The van der Waals surface area contributed by atoms with Crippen LogP contribution < -0.4 is 5.32 Å². The molecule has 1 N–H and O–H groups in total. The van der Waals surface area contributed by atoms with E-state index >= 15 is 0 Å². The van der Waals surface area contributed by atoms with Crippen LogP contribution in [0.1, 0.15) is 48.3 Å². The molecule has 0 spiro atoms. The zero-order chi connectivity index (χ0) is 18.2. The molecule has 2 aromatic carbocycles. The molecule has 1 unspecified atom stereocenters. The van der Waals surface area contributed by atoms with Crippen LogP contribution >= 0.6 is 0 Å². The van der Waals surface area contributed by atoms with Crippen molar-refractivity contribution >= 4 is 11.7 Å². The van der Waals surface area contributed by atoms with Crippen molar-refractivity contribution < 1.29 is 18.3 Å². The number of ether oxygens (including phenoxy) is 1. The molecule has 0 radical (unpaired) electrons. The van der Waals surface area contributed by atoms with E-state index in [-0.39, 0.29) is 17.4 Å². The topological polar surface area (TPSA) is 38.3 Å². The van der Waals surface area contributed by atoms with Crippen molar-refractivity contribution in [2.24, 2.45) is 5.41 Å². The molecule has 132 valence electrons. The number of hydrogen-bond acceptors (Lipinski definition) is 3. The lowest BCUT2D eigenvalue weighted by Gasteiger charge is -2.41. The van der Waals surface area contributed by atoms with E-state index in [1.807, 2.05) is 26.0 Å². The number of carbonyl (C=O) groups excluding carboxylic acids is 1. The van der Waals surface area contributed by atoms with E-state index in [0.29, 0.717) is 24.2 Å². The Hall–Kier alpha value is -2.43. The molecule has 0 fully saturated rings. The number of benzene rings is 2. The Bertz CT molecular complexity index is 797. The van der Waals surface area contributed by atoms with Gasteiger partial charge in [0, 0.05) is 11.8 Å². The van der Waals surface area contributed by atoms with E-state index in [2.05, 4.69) is 5.32 Å². The number of fused-ring (bicyclic) bond motifs is 1. The van der Waals surface area contributed by atoms with E-state index in [0.717, 1.165) is 17.3 Å². The standard InChI is InChI=1S/C20H21F2NO2/c1-4-25-19(24)12-5-6-17-14(7-12)11-20(2,3)18(23-17)13-8-15(21)10-16(22)9-13/h5-10,18,23H,4,11H2,1-3H3. The molecule has 1 atom stereocenters. The van der Waals surface area contributed by atoms with Gasteiger partial charge in [-0.2, -0.15) is 0 Å². The van der Waals surface area contributed by atoms with Crippen molar-refractivity contribution in [3.63, 3.8) is 0 Å². The zero-order valence-corrected chi connectivity index (χ0v) is 14.5. The molecule has 25 heavy (non-hydrogen) atoms. The third kappa shape index (κ3) is 3.50. The number of anilines is 1. The zero-order valence-electron chi connectivity index (χ0n) is 14.5. The average Bonchev–Trinajstić information content (AvgIpc) is 2.52. The molecular weight excluding hydrogens is 324 g/mol. The molecule has 1 heterocycles. The first-order chi connectivity index (χ1) is 11.8. The lowest BCUT2D eigenvalue weighted by atomic mass is 9.72. The minimum absolute atomic E-state index is 0.237. The lowest BCUT2D eigenvalue weighted by molar-refractivity contribution is 0.0526. The van der Waals surface area contributed by atoms with Gasteiger partial charge in [-0.3, -0.25) is 0 Å². The predicted octanol–water partition coefficient (Wildman–Crippen LogP) is 4.88. The third-order valence-electron chi connectivity index (χ3n) is 4.56. The number of esters is 1. The Labute approximate surface area is 146 Å². The van der Waals surface area contributed by atoms with Crippen molar-refractivity contribution in [1.29, 1.82) is 0 Å². The summed E-state index contributed by atoms with van der Waals surface area (Å²) in [6.45, 7) is 6.16. The maximum absolute atomic E-state index is 13.6. The fraction of sp³-hybridized carbons (Fsp3) is 0.350. The second-order valence-electron chi connectivity index (χ2n) is 7.04. The van der Waals surface area contributed by atoms with E-state index in [1.165, 1.54) is 12.1 Å². The minimum Gasteiger partial charge on any atom is -0.462 e. The minimum atomic E-state index is -0.587. The summed E-state index contributed by atoms with van der Waals surface area (Å²) in [5.41, 5.74) is 2.64. The summed E-state index contributed by atoms with van der Waals surface area (Å²) in [5.74, 6) is -1.52. The monoisotopic (exact) mass is 345 g/mol. The third-order valence-corrected chi connectivity index (χ3v) is 4.56. The van der Waals surface area contributed by atoms with Gasteiger partial charge < -0.3 is 10.1 Å². The Morgan fingerprint density at radius 2 is 1.88 bits per heavy atom. The van der Waals surface area contributed by atoms with Crippen LogP contribution in [-0.2, 0) is 11.2 Å². The fourth-order valence-corrected chi connectivity index (χ4v) is 3.44. The highest BCUT2D eigenvalue weighted by Crippen LogP contribution is 2.45. The molecule has 0 amide bonds. The second kappa shape index (κ2) is 6.47. The largest absolute Gasteiger partial charge is 0.462 e. The van der Waals surface area contributed by atoms with Crippen molar-refractivity contribution in [2.75, 3.05) is 11.9 Å². The molecule has 1 aliphatic heterocycles. The van der Waals surface area contributed by atoms with Crippen molar-refractivity contribution in [1.82, 2.24) is 0 Å². The summed E-state index contributed by atoms with van der Waals surface area (Å²) < 4.78 is 32.3. The Balaban J connectivity index is 1.96. The van der Waals surface area contributed by atoms with Crippen LogP contribution in [0.3, 0.4) is 0 Å². The van der Waals surface area contributed by atoms with Gasteiger partial charge in [-0.15, -0.1) is 0 Å². The maximum atomic E-state index is 13.6. The summed E-state index contributed by atoms with van der Waals surface area (Å²) in [6, 6.07) is 8.70. The van der Waals surface area contributed by atoms with Crippen LogP contribution in [0, 0.1) is 17.0 Å². The van der Waals surface area contributed by atoms with Gasteiger partial charge >= 0.3 is 5.97 Å². The summed E-state index contributed by atoms with van der Waals surface area (Å²) in [6.07, 6.45) is 0.672. The van der Waals surface area contributed by atoms with E-state index in [1.54, 1.807) is 13.0 Å². The van der Waals surface area contributed by atoms with Crippen molar-refractivity contribution in [2.45, 2.75) is 33.2 Å². The molecule has 2 aromatic rings. The van der Waals surface area contributed by atoms with E-state index in [9.17, 15) is 13.6 Å². The van der Waals surface area contributed by atoms with Gasteiger partial charge in [0.25, 0.3) is 0 Å². The highest BCUT2D eigenvalue weighted by Gasteiger charge is 2.36. The van der Waals surface area contributed by atoms with Gasteiger partial charge in [0.1, 0.15) is 11.6 Å². The summed E-state index contributed by atoms with van der Waals surface area (Å²) >= 11 is 0. The van der Waals surface area contributed by atoms with Gasteiger partial charge in [0.05, 0.1) is 18.2 Å². The first kappa shape index (κ1) is 17.4. The lowest BCUT2D eigenvalue weighted by Crippen LogP contribution is -2.35. The molecule has 0 saturated heterocycles. The van der Waals surface area contributed by atoms with Crippen LogP contribution in [0.2, 0.25) is 0 Å². The highest BCUT2D eigenvalue weighted by molar-refractivity contribution is 5.90. The van der Waals surface area contributed by atoms with E-state index in [4.69, 9.17) is 4.74 Å². The summed E-state index contributed by atoms with van der Waals surface area (Å²) in [4.78, 5) is 11.9. The van der Waals surface area contributed by atoms with Gasteiger partial charge in [0.15, 0.2) is 0 Å². The second-order valence-corrected chi connectivity index (χ2v) is 7.04. The van der Waals surface area contributed by atoms with Crippen LogP contribution in [0.5, 0.6) is 0 Å². The van der Waals surface area contributed by atoms with E-state index < -0.39 is 11.6 Å². The predicted molar refractivity (Wildman–Crippen MR) is 92.6 cm³/mol. The van der Waals surface area contributed by atoms with Crippen LogP contribution in [-0.4, -0.2) is 12.6 Å². The first-order valence-corrected chi connectivity index (χ1v) is 8.33. The van der Waals surface area contributed by atoms with Crippen LogP contribution in [0.25, 0.3) is 0 Å². The molecule has 3 nitrogen and oxygen atoms in total. The summed E-state index contributed by atoms with van der Waals surface area (Å²) in [7, 11) is 0. The molecule has 0 aromatic heterocycles. The molecular formula is C20H21F2NO2. The Kier molecular flexibility index (Phi) is 4.50. The quantitative estimate of drug-likeness (QED) is 0.806. The molecule has 0 bridgehead atoms. The Morgan fingerprint density at radius 1 is 1.20 bits per heavy atom. The number of carbonyl (C=O) groups is 1. The number of hydrogen-bond donors (Lipinski definition) is 1. The molecule has 0 saturated carbocycles. The molecule has 1 aliphatic rings. The van der Waals surface area contributed by atoms with Gasteiger partial charge in [-0.25, -0.2) is 13.6 Å². The first-order valence-electron chi connectivity index (χ1n) is 8.33. The fourth-order valence-electron chi connectivity index (χ4n) is 3.44. The van der Waals surface area contributed by atoms with Crippen LogP contribution in [0.15, 0.2) is 36.4 Å². The number of rotatable bonds is 3. The van der Waals surface area contributed by atoms with Crippen molar-refractivity contribution in [3.8, 4) is 0 Å².